The third-order valence-corrected chi connectivity index (χ3v) is 1.24. The molecule has 0 aromatic carbocycles. The molecule has 0 aliphatic heterocycles. The third-order valence-electron chi connectivity index (χ3n) is 1.24. The Kier molecular flexibility index (Phi) is 13.6. The molecule has 0 fully saturated rings. The highest BCUT2D eigenvalue weighted by molar-refractivity contribution is 5.69. The summed E-state index contributed by atoms with van der Waals surface area (Å²) < 4.78 is 9.14. The van der Waals surface area contributed by atoms with Gasteiger partial charge in [-0.3, -0.25) is 9.59 Å². The number of rotatable bonds is 5. The Morgan fingerprint density at radius 3 is 1.80 bits per heavy atom. The van der Waals surface area contributed by atoms with Gasteiger partial charge in [0, 0.05) is 12.8 Å². The zero-order valence-corrected chi connectivity index (χ0v) is 9.75. The zero-order valence-electron chi connectivity index (χ0n) is 9.75. The van der Waals surface area contributed by atoms with Crippen molar-refractivity contribution in [2.75, 3.05) is 13.2 Å². The van der Waals surface area contributed by atoms with E-state index in [2.05, 4.69) is 16.1 Å². The second-order valence-electron chi connectivity index (χ2n) is 2.48. The lowest BCUT2D eigenvalue weighted by atomic mass is 10.5. The molecule has 4 heteroatoms. The van der Waals surface area contributed by atoms with Gasteiger partial charge in [-0.05, 0) is 6.92 Å². The van der Waals surface area contributed by atoms with E-state index in [1.54, 1.807) is 26.8 Å². The van der Waals surface area contributed by atoms with Crippen molar-refractivity contribution in [1.29, 1.82) is 0 Å². The smallest absolute Gasteiger partial charge is 0.305 e. The number of esters is 2. The molecule has 0 N–H and O–H groups in total. The van der Waals surface area contributed by atoms with Crippen molar-refractivity contribution >= 4 is 11.9 Å². The normalized spacial score (nSPS) is 8.20. The molecule has 0 aliphatic rings. The van der Waals surface area contributed by atoms with Crippen LogP contribution in [0.4, 0.5) is 0 Å². The second-order valence-corrected chi connectivity index (χ2v) is 2.48. The van der Waals surface area contributed by atoms with E-state index < -0.39 is 0 Å². The maximum absolute atomic E-state index is 10.3. The lowest BCUT2D eigenvalue weighted by Gasteiger charge is -1.94. The van der Waals surface area contributed by atoms with Crippen LogP contribution in [0, 0.1) is 0 Å². The molecule has 0 amide bonds. The van der Waals surface area contributed by atoms with Crippen molar-refractivity contribution in [3.05, 3.63) is 12.7 Å². The van der Waals surface area contributed by atoms with Crippen LogP contribution in [-0.2, 0) is 19.1 Å². The molecule has 0 aromatic rings. The van der Waals surface area contributed by atoms with Gasteiger partial charge in [0.1, 0.15) is 6.61 Å². The van der Waals surface area contributed by atoms with Crippen LogP contribution in [0.25, 0.3) is 0 Å². The van der Waals surface area contributed by atoms with Crippen molar-refractivity contribution in [2.45, 2.75) is 33.6 Å². The fourth-order valence-electron chi connectivity index (χ4n) is 0.517. The number of ether oxygens (including phenoxy) is 2. The summed E-state index contributed by atoms with van der Waals surface area (Å²) in [6.07, 6.45) is 2.47. The molecule has 0 saturated heterocycles. The van der Waals surface area contributed by atoms with Gasteiger partial charge in [0.25, 0.3) is 0 Å². The monoisotopic (exact) mass is 216 g/mol. The Hall–Kier alpha value is -1.32. The zero-order chi connectivity index (χ0) is 12.1. The maximum Gasteiger partial charge on any atom is 0.305 e. The van der Waals surface area contributed by atoms with Crippen molar-refractivity contribution < 1.29 is 19.1 Å². The first kappa shape index (κ1) is 16.1. The quantitative estimate of drug-likeness (QED) is 0.521. The average Bonchev–Trinajstić information content (AvgIpc) is 2.26. The van der Waals surface area contributed by atoms with Crippen molar-refractivity contribution in [3.63, 3.8) is 0 Å². The van der Waals surface area contributed by atoms with Crippen LogP contribution in [0.1, 0.15) is 33.6 Å². The topological polar surface area (TPSA) is 52.6 Å². The summed E-state index contributed by atoms with van der Waals surface area (Å²) in [5.74, 6) is -0.299. The van der Waals surface area contributed by atoms with Crippen LogP contribution in [0.5, 0.6) is 0 Å². The lowest BCUT2D eigenvalue weighted by molar-refractivity contribution is -0.143. The highest BCUT2D eigenvalue weighted by Crippen LogP contribution is 1.82. The Balaban J connectivity index is 0. The van der Waals surface area contributed by atoms with Crippen LogP contribution in [0.2, 0.25) is 0 Å². The van der Waals surface area contributed by atoms with E-state index in [4.69, 9.17) is 0 Å². The summed E-state index contributed by atoms with van der Waals surface area (Å²) in [5, 5.41) is 0. The van der Waals surface area contributed by atoms with Gasteiger partial charge in [0.05, 0.1) is 6.61 Å². The van der Waals surface area contributed by atoms with Gasteiger partial charge >= 0.3 is 11.9 Å². The largest absolute Gasteiger partial charge is 0.466 e. The Labute approximate surface area is 91.3 Å². The summed E-state index contributed by atoms with van der Waals surface area (Å²) in [5.41, 5.74) is 0. The highest BCUT2D eigenvalue weighted by atomic mass is 16.5. The van der Waals surface area contributed by atoms with Gasteiger partial charge in [0.2, 0.25) is 0 Å². The molecule has 0 atom stereocenters. The Morgan fingerprint density at radius 2 is 1.53 bits per heavy atom. The minimum Gasteiger partial charge on any atom is -0.466 e. The van der Waals surface area contributed by atoms with Gasteiger partial charge in [-0.15, -0.1) is 0 Å². The van der Waals surface area contributed by atoms with Crippen LogP contribution in [-0.4, -0.2) is 25.2 Å². The number of carbonyl (C=O) groups excluding carboxylic acids is 2. The number of carbonyl (C=O) groups is 2. The summed E-state index contributed by atoms with van der Waals surface area (Å²) in [4.78, 5) is 20.5. The van der Waals surface area contributed by atoms with E-state index in [0.717, 1.165) is 0 Å². The molecule has 0 aliphatic carbocycles. The average molecular weight is 216 g/mol. The van der Waals surface area contributed by atoms with Crippen LogP contribution in [0.3, 0.4) is 0 Å². The van der Waals surface area contributed by atoms with Gasteiger partial charge in [0.15, 0.2) is 0 Å². The third kappa shape index (κ3) is 15.4. The molecular weight excluding hydrogens is 196 g/mol. The molecule has 0 rings (SSSR count). The SMILES string of the molecule is C=CCOC(=O)CC.CCOC(=O)CC. The first-order valence-electron chi connectivity index (χ1n) is 5.04. The lowest BCUT2D eigenvalue weighted by Crippen LogP contribution is -2.00. The predicted molar refractivity (Wildman–Crippen MR) is 58.4 cm³/mol. The van der Waals surface area contributed by atoms with Gasteiger partial charge in [-0.2, -0.15) is 0 Å². The molecule has 0 bridgehead atoms. The summed E-state index contributed by atoms with van der Waals surface area (Å²) in [6.45, 7) is 9.54. The van der Waals surface area contributed by atoms with E-state index in [0.29, 0.717) is 26.1 Å². The van der Waals surface area contributed by atoms with E-state index in [1.165, 1.54) is 0 Å². The first-order chi connectivity index (χ1) is 7.12. The Bertz CT molecular complexity index is 187. The van der Waals surface area contributed by atoms with Crippen LogP contribution >= 0.6 is 0 Å². The highest BCUT2D eigenvalue weighted by Gasteiger charge is 1.92. The van der Waals surface area contributed by atoms with Gasteiger partial charge in [-0.25, -0.2) is 0 Å². The molecule has 0 unspecified atom stereocenters. The molecule has 0 aromatic heterocycles. The fourth-order valence-corrected chi connectivity index (χ4v) is 0.517. The second kappa shape index (κ2) is 12.7. The number of hydrogen-bond donors (Lipinski definition) is 0. The van der Waals surface area contributed by atoms with E-state index >= 15 is 0 Å². The minimum absolute atomic E-state index is 0.123. The van der Waals surface area contributed by atoms with Crippen molar-refractivity contribution in [1.82, 2.24) is 0 Å². The van der Waals surface area contributed by atoms with Crippen molar-refractivity contribution in [2.24, 2.45) is 0 Å². The molecule has 4 nitrogen and oxygen atoms in total. The summed E-state index contributed by atoms with van der Waals surface area (Å²) >= 11 is 0. The molecule has 0 saturated carbocycles. The fraction of sp³-hybridized carbons (Fsp3) is 0.636. The van der Waals surface area contributed by atoms with E-state index in [9.17, 15) is 9.59 Å². The summed E-state index contributed by atoms with van der Waals surface area (Å²) in [6, 6.07) is 0. The van der Waals surface area contributed by atoms with Crippen molar-refractivity contribution in [3.8, 4) is 0 Å². The molecule has 88 valence electrons. The molecule has 0 heterocycles. The molecular formula is C11H20O4. The van der Waals surface area contributed by atoms with Gasteiger partial charge < -0.3 is 9.47 Å². The van der Waals surface area contributed by atoms with Gasteiger partial charge in [-0.1, -0.05) is 26.5 Å². The molecule has 0 spiro atoms. The van der Waals surface area contributed by atoms with E-state index in [-0.39, 0.29) is 11.9 Å². The standard InChI is InChI=1S/C6H10O2.C5H10O2/c1-3-5-8-6(7)4-2;1-3-5(6)7-4-2/h3H,1,4-5H2,2H3;3-4H2,1-2H3. The predicted octanol–water partition coefficient (Wildman–Crippen LogP) is 2.09. The Morgan fingerprint density at radius 1 is 1.07 bits per heavy atom. The van der Waals surface area contributed by atoms with Crippen LogP contribution in [0.15, 0.2) is 12.7 Å². The minimum atomic E-state index is -0.176. The molecule has 15 heavy (non-hydrogen) atoms. The summed E-state index contributed by atoms with van der Waals surface area (Å²) in [7, 11) is 0. The van der Waals surface area contributed by atoms with Crippen LogP contribution < -0.4 is 0 Å². The van der Waals surface area contributed by atoms with E-state index in [1.807, 2.05) is 0 Å². The number of hydrogen-bond acceptors (Lipinski definition) is 4. The maximum atomic E-state index is 10.3. The first-order valence-corrected chi connectivity index (χ1v) is 5.04. The molecule has 0 radical (unpaired) electrons.